The molecule has 0 radical (unpaired) electrons. The Bertz CT molecular complexity index is 1370. The minimum absolute atomic E-state index is 0.113. The molecule has 0 unspecified atom stereocenters. The van der Waals surface area contributed by atoms with E-state index in [0.29, 0.717) is 15.6 Å². The molecule has 0 aromatic heterocycles. The Morgan fingerprint density at radius 1 is 1.05 bits per heavy atom. The Hall–Kier alpha value is -3.09. The van der Waals surface area contributed by atoms with Gasteiger partial charge in [0.25, 0.3) is 15.9 Å². The molecule has 2 aromatic rings. The van der Waals surface area contributed by atoms with Crippen molar-refractivity contribution in [2.75, 3.05) is 19.8 Å². The van der Waals surface area contributed by atoms with Gasteiger partial charge in [-0.3, -0.25) is 10.1 Å². The van der Waals surface area contributed by atoms with E-state index in [1.54, 1.807) is 71.3 Å². The van der Waals surface area contributed by atoms with Crippen molar-refractivity contribution >= 4 is 39.8 Å². The van der Waals surface area contributed by atoms with Crippen LogP contribution in [0.25, 0.3) is 0 Å². The van der Waals surface area contributed by atoms with Crippen molar-refractivity contribution in [2.45, 2.75) is 75.4 Å². The van der Waals surface area contributed by atoms with Crippen LogP contribution in [0.2, 0.25) is 0 Å². The lowest BCUT2D eigenvalue weighted by atomic mass is 10.0. The van der Waals surface area contributed by atoms with Gasteiger partial charge in [0.05, 0.1) is 4.90 Å². The Kier molecular flexibility index (Phi) is 9.82. The first-order valence-corrected chi connectivity index (χ1v) is 15.6. The van der Waals surface area contributed by atoms with E-state index < -0.39 is 50.5 Å². The van der Waals surface area contributed by atoms with Gasteiger partial charge in [0, 0.05) is 31.8 Å². The van der Waals surface area contributed by atoms with E-state index in [0.717, 1.165) is 5.56 Å². The van der Waals surface area contributed by atoms with Crippen molar-refractivity contribution in [1.82, 2.24) is 14.5 Å². The average Bonchev–Trinajstić information content (AvgIpc) is 3.23. The van der Waals surface area contributed by atoms with E-state index in [1.807, 2.05) is 20.8 Å². The largest absolute Gasteiger partial charge is 0.458 e. The predicted octanol–water partition coefficient (Wildman–Crippen LogP) is 3.97. The fraction of sp³-hybridized carbons (Fsp3) is 0.483. The molecular weight excluding hydrogens is 566 g/mol. The topological polar surface area (TPSA) is 122 Å². The van der Waals surface area contributed by atoms with Crippen LogP contribution in [0.4, 0.5) is 4.79 Å². The van der Waals surface area contributed by atoms with Gasteiger partial charge in [-0.25, -0.2) is 22.3 Å². The molecule has 12 heteroatoms. The lowest BCUT2D eigenvalue weighted by Crippen LogP contribution is -2.56. The second kappa shape index (κ2) is 12.4. The first-order chi connectivity index (χ1) is 18.9. The van der Waals surface area contributed by atoms with Crippen LogP contribution in [0.1, 0.15) is 45.7 Å². The van der Waals surface area contributed by atoms with E-state index in [9.17, 15) is 22.8 Å². The SMILES string of the molecule is Cc1ccc(S(=O)(=O)N(C(=O)[C@H]2NC(C)(C)CS2)[C@@H](Cc2ccc(OC(=O)N(C)C)cc2)C(=O)OC(C)(C)C)cc1. The first kappa shape index (κ1) is 32.4. The predicted molar refractivity (Wildman–Crippen MR) is 158 cm³/mol. The lowest BCUT2D eigenvalue weighted by Gasteiger charge is -2.33. The van der Waals surface area contributed by atoms with E-state index >= 15 is 0 Å². The molecule has 1 saturated heterocycles. The molecule has 41 heavy (non-hydrogen) atoms. The van der Waals surface area contributed by atoms with Crippen LogP contribution in [0.3, 0.4) is 0 Å². The number of carbonyl (C=O) groups excluding carboxylic acids is 3. The molecule has 10 nitrogen and oxygen atoms in total. The Labute approximate surface area is 246 Å². The van der Waals surface area contributed by atoms with Crippen molar-refractivity contribution in [2.24, 2.45) is 0 Å². The summed E-state index contributed by atoms with van der Waals surface area (Å²) >= 11 is 1.29. The highest BCUT2D eigenvalue weighted by Crippen LogP contribution is 2.32. The van der Waals surface area contributed by atoms with Gasteiger partial charge in [0.15, 0.2) is 0 Å². The highest BCUT2D eigenvalue weighted by Gasteiger charge is 2.47. The third-order valence-electron chi connectivity index (χ3n) is 6.04. The maximum atomic E-state index is 14.1. The molecule has 2 amide bonds. The highest BCUT2D eigenvalue weighted by atomic mass is 32.2. The number of esters is 1. The fourth-order valence-electron chi connectivity index (χ4n) is 3.98. The molecule has 1 N–H and O–H groups in total. The van der Waals surface area contributed by atoms with Gasteiger partial charge < -0.3 is 14.4 Å². The summed E-state index contributed by atoms with van der Waals surface area (Å²) in [7, 11) is -1.38. The lowest BCUT2D eigenvalue weighted by molar-refractivity contribution is -0.161. The number of amides is 2. The molecule has 0 saturated carbocycles. The van der Waals surface area contributed by atoms with Crippen molar-refractivity contribution in [3.05, 3.63) is 59.7 Å². The molecule has 3 rings (SSSR count). The van der Waals surface area contributed by atoms with Gasteiger partial charge in [0.1, 0.15) is 22.8 Å². The maximum absolute atomic E-state index is 14.1. The quantitative estimate of drug-likeness (QED) is 0.446. The molecular formula is C29H39N3O7S2. The zero-order chi connectivity index (χ0) is 30.8. The smallest absolute Gasteiger partial charge is 0.414 e. The van der Waals surface area contributed by atoms with Crippen LogP contribution in [-0.4, -0.2) is 78.0 Å². The van der Waals surface area contributed by atoms with Crippen molar-refractivity contribution in [3.63, 3.8) is 0 Å². The van der Waals surface area contributed by atoms with Crippen LogP contribution < -0.4 is 10.1 Å². The molecule has 1 heterocycles. The van der Waals surface area contributed by atoms with Crippen LogP contribution in [0.5, 0.6) is 5.75 Å². The first-order valence-electron chi connectivity index (χ1n) is 13.1. The molecule has 2 aromatic carbocycles. The number of thioether (sulfide) groups is 1. The number of hydrogen-bond donors (Lipinski definition) is 1. The van der Waals surface area contributed by atoms with Crippen LogP contribution in [0, 0.1) is 6.92 Å². The minimum Gasteiger partial charge on any atom is -0.458 e. The van der Waals surface area contributed by atoms with Gasteiger partial charge in [-0.05, 0) is 71.4 Å². The van der Waals surface area contributed by atoms with Gasteiger partial charge in [-0.15, -0.1) is 11.8 Å². The monoisotopic (exact) mass is 605 g/mol. The zero-order valence-electron chi connectivity index (χ0n) is 24.8. The summed E-state index contributed by atoms with van der Waals surface area (Å²) < 4.78 is 39.9. The number of sulfonamides is 1. The number of hydrogen-bond acceptors (Lipinski definition) is 9. The zero-order valence-corrected chi connectivity index (χ0v) is 26.4. The summed E-state index contributed by atoms with van der Waals surface area (Å²) in [6.07, 6.45) is -0.719. The molecule has 1 aliphatic rings. The molecule has 0 bridgehead atoms. The average molecular weight is 606 g/mol. The summed E-state index contributed by atoms with van der Waals surface area (Å²) in [5.41, 5.74) is 0.0283. The summed E-state index contributed by atoms with van der Waals surface area (Å²) in [6, 6.07) is 10.9. The third-order valence-corrected chi connectivity index (χ3v) is 9.40. The van der Waals surface area contributed by atoms with E-state index in [1.165, 1.54) is 28.8 Å². The second-order valence-corrected chi connectivity index (χ2v) is 14.7. The van der Waals surface area contributed by atoms with Gasteiger partial charge >= 0.3 is 12.1 Å². The Morgan fingerprint density at radius 3 is 2.12 bits per heavy atom. The maximum Gasteiger partial charge on any atom is 0.414 e. The summed E-state index contributed by atoms with van der Waals surface area (Å²) in [5, 5.41) is 2.30. The van der Waals surface area contributed by atoms with Crippen LogP contribution in [0.15, 0.2) is 53.4 Å². The number of aryl methyl sites for hydroxylation is 1. The number of rotatable bonds is 8. The standard InChI is InChI=1S/C29H39N3O7S2/c1-19-9-15-22(16-10-19)41(36,37)32(25(33)24-30-29(5,6)18-40-24)23(26(34)39-28(2,3)4)17-20-11-13-21(14-12-20)38-27(35)31(7)8/h9-16,23-24,30H,17-18H2,1-8H3/t23-,24-/m0/s1. The normalized spacial score (nSPS) is 17.4. The highest BCUT2D eigenvalue weighted by molar-refractivity contribution is 8.01. The third kappa shape index (κ3) is 8.46. The summed E-state index contributed by atoms with van der Waals surface area (Å²) in [5.74, 6) is -0.762. The number of benzene rings is 2. The molecule has 0 aliphatic carbocycles. The van der Waals surface area contributed by atoms with Gasteiger partial charge in [0.2, 0.25) is 0 Å². The molecule has 1 fully saturated rings. The molecule has 0 spiro atoms. The van der Waals surface area contributed by atoms with Crippen LogP contribution >= 0.6 is 11.8 Å². The van der Waals surface area contributed by atoms with Gasteiger partial charge in [-0.2, -0.15) is 0 Å². The van der Waals surface area contributed by atoms with Crippen molar-refractivity contribution in [1.29, 1.82) is 0 Å². The minimum atomic E-state index is -4.49. The molecule has 224 valence electrons. The Morgan fingerprint density at radius 2 is 1.63 bits per heavy atom. The van der Waals surface area contributed by atoms with E-state index in [2.05, 4.69) is 5.32 Å². The van der Waals surface area contributed by atoms with E-state index in [4.69, 9.17) is 9.47 Å². The fourth-order valence-corrected chi connectivity index (χ4v) is 6.92. The number of nitrogens with one attached hydrogen (secondary N) is 1. The number of ether oxygens (including phenoxy) is 2. The summed E-state index contributed by atoms with van der Waals surface area (Å²) in [6.45, 7) is 10.7. The molecule has 1 aliphatic heterocycles. The number of carbonyl (C=O) groups is 3. The van der Waals surface area contributed by atoms with Crippen molar-refractivity contribution < 1.29 is 32.3 Å². The van der Waals surface area contributed by atoms with Crippen LogP contribution in [-0.2, 0) is 30.8 Å². The van der Waals surface area contributed by atoms with Gasteiger partial charge in [-0.1, -0.05) is 29.8 Å². The second-order valence-electron chi connectivity index (χ2n) is 11.8. The Balaban J connectivity index is 2.09. The molecule has 2 atom stereocenters. The van der Waals surface area contributed by atoms with E-state index in [-0.39, 0.29) is 17.1 Å². The number of nitrogens with zero attached hydrogens (tertiary/aromatic N) is 2. The van der Waals surface area contributed by atoms with Crippen molar-refractivity contribution in [3.8, 4) is 5.75 Å². The summed E-state index contributed by atoms with van der Waals surface area (Å²) in [4.78, 5) is 40.8.